The Bertz CT molecular complexity index is 718. The van der Waals surface area contributed by atoms with Crippen molar-refractivity contribution in [1.29, 1.82) is 0 Å². The Balaban J connectivity index is 0.00000204. The van der Waals surface area contributed by atoms with Gasteiger partial charge in [0.2, 0.25) is 0 Å². The van der Waals surface area contributed by atoms with E-state index in [0.29, 0.717) is 0 Å². The Morgan fingerprint density at radius 3 is 2.52 bits per heavy atom. The van der Waals surface area contributed by atoms with Gasteiger partial charge in [-0.1, -0.05) is 34.6 Å². The summed E-state index contributed by atoms with van der Waals surface area (Å²) in [4.78, 5) is 27.8. The second-order valence-corrected chi connectivity index (χ2v) is 7.44. The molecule has 9 heteroatoms. The molecule has 166 valence electrons. The largest absolute Gasteiger partial charge is 0.463 e. The number of nitrogens with two attached hydrogens (primary N) is 1. The first-order chi connectivity index (χ1) is 13.6. The van der Waals surface area contributed by atoms with Crippen LogP contribution in [-0.4, -0.2) is 47.2 Å². The summed E-state index contributed by atoms with van der Waals surface area (Å²) in [6, 6.07) is 1.51. The molecular weight excluding hydrogens is 378 g/mol. The van der Waals surface area contributed by atoms with Crippen molar-refractivity contribution in [3.05, 3.63) is 22.7 Å². The van der Waals surface area contributed by atoms with E-state index in [0.717, 1.165) is 0 Å². The number of hydrogen-bond donors (Lipinski definition) is 1. The third kappa shape index (κ3) is 6.52. The van der Waals surface area contributed by atoms with Crippen LogP contribution in [-0.2, 0) is 23.7 Å². The van der Waals surface area contributed by atoms with Crippen LogP contribution in [0.15, 0.2) is 17.1 Å². The Hall–Kier alpha value is -1.97. The fourth-order valence-electron chi connectivity index (χ4n) is 2.76. The molecule has 0 saturated carbocycles. The van der Waals surface area contributed by atoms with E-state index in [9.17, 15) is 9.59 Å². The quantitative estimate of drug-likeness (QED) is 0.535. The number of ether oxygens (including phenoxy) is 4. The lowest BCUT2D eigenvalue weighted by molar-refractivity contribution is -0.243. The minimum atomic E-state index is -0.894. The minimum Gasteiger partial charge on any atom is -0.463 e. The van der Waals surface area contributed by atoms with E-state index in [1.54, 1.807) is 27.7 Å². The van der Waals surface area contributed by atoms with Gasteiger partial charge in [0, 0.05) is 19.2 Å². The van der Waals surface area contributed by atoms with Crippen molar-refractivity contribution in [3.63, 3.8) is 0 Å². The number of methoxy groups -OCH3 is 1. The SMILES string of the molecule is CC.COC(C)(C)O[C@H]1C(n2ccc(N)nc2=O)OC(COC(=O)C(C)C)[C@H]1C. The predicted molar refractivity (Wildman–Crippen MR) is 109 cm³/mol. The molecule has 0 aliphatic carbocycles. The molecule has 2 unspecified atom stereocenters. The summed E-state index contributed by atoms with van der Waals surface area (Å²) in [6.07, 6.45) is -0.204. The number of hydrogen-bond acceptors (Lipinski definition) is 8. The molecule has 29 heavy (non-hydrogen) atoms. The number of nitrogen functional groups attached to an aromatic ring is 1. The normalized spacial score (nSPS) is 24.2. The van der Waals surface area contributed by atoms with Crippen LogP contribution in [0.2, 0.25) is 0 Å². The summed E-state index contributed by atoms with van der Waals surface area (Å²) in [5.74, 6) is -1.49. The van der Waals surface area contributed by atoms with E-state index in [-0.39, 0.29) is 30.2 Å². The van der Waals surface area contributed by atoms with Gasteiger partial charge in [0.15, 0.2) is 12.0 Å². The topological polar surface area (TPSA) is 115 Å². The first-order valence-electron chi connectivity index (χ1n) is 9.95. The first kappa shape index (κ1) is 25.1. The third-order valence-corrected chi connectivity index (χ3v) is 4.60. The highest BCUT2D eigenvalue weighted by molar-refractivity contribution is 5.71. The summed E-state index contributed by atoms with van der Waals surface area (Å²) in [5.41, 5.74) is 5.03. The first-order valence-corrected chi connectivity index (χ1v) is 9.95. The maximum absolute atomic E-state index is 12.3. The van der Waals surface area contributed by atoms with Crippen molar-refractivity contribution in [2.75, 3.05) is 19.5 Å². The Labute approximate surface area is 172 Å². The molecule has 2 rings (SSSR count). The third-order valence-electron chi connectivity index (χ3n) is 4.60. The number of anilines is 1. The molecule has 2 heterocycles. The predicted octanol–water partition coefficient (Wildman–Crippen LogP) is 2.35. The molecule has 0 amide bonds. The van der Waals surface area contributed by atoms with Crippen LogP contribution >= 0.6 is 0 Å². The van der Waals surface area contributed by atoms with E-state index < -0.39 is 29.9 Å². The van der Waals surface area contributed by atoms with E-state index in [1.807, 2.05) is 20.8 Å². The monoisotopic (exact) mass is 413 g/mol. The molecule has 0 bridgehead atoms. The zero-order valence-electron chi connectivity index (χ0n) is 18.7. The molecule has 0 radical (unpaired) electrons. The lowest BCUT2D eigenvalue weighted by Gasteiger charge is -2.32. The molecular formula is C20H35N3O6. The molecule has 0 spiro atoms. The van der Waals surface area contributed by atoms with Crippen LogP contribution in [0, 0.1) is 11.8 Å². The van der Waals surface area contributed by atoms with Crippen molar-refractivity contribution >= 4 is 11.8 Å². The van der Waals surface area contributed by atoms with Crippen LogP contribution in [0.4, 0.5) is 5.82 Å². The molecule has 1 fully saturated rings. The van der Waals surface area contributed by atoms with E-state index >= 15 is 0 Å². The van der Waals surface area contributed by atoms with Crippen LogP contribution in [0.25, 0.3) is 0 Å². The van der Waals surface area contributed by atoms with Crippen molar-refractivity contribution in [3.8, 4) is 0 Å². The Kier molecular flexibility index (Phi) is 9.25. The maximum Gasteiger partial charge on any atom is 0.351 e. The van der Waals surface area contributed by atoms with Gasteiger partial charge < -0.3 is 24.7 Å². The molecule has 1 aliphatic rings. The molecule has 4 atom stereocenters. The van der Waals surface area contributed by atoms with Crippen molar-refractivity contribution in [2.24, 2.45) is 11.8 Å². The Morgan fingerprint density at radius 1 is 1.38 bits per heavy atom. The van der Waals surface area contributed by atoms with E-state index in [4.69, 9.17) is 24.7 Å². The van der Waals surface area contributed by atoms with Gasteiger partial charge in [-0.05, 0) is 19.9 Å². The molecule has 1 aromatic rings. The second-order valence-electron chi connectivity index (χ2n) is 7.44. The molecule has 1 saturated heterocycles. The van der Waals surface area contributed by atoms with Crippen molar-refractivity contribution in [1.82, 2.24) is 9.55 Å². The summed E-state index contributed by atoms with van der Waals surface area (Å²) < 4.78 is 24.1. The van der Waals surface area contributed by atoms with Crippen molar-refractivity contribution in [2.45, 2.75) is 72.7 Å². The van der Waals surface area contributed by atoms with Gasteiger partial charge in [-0.25, -0.2) is 4.79 Å². The fourth-order valence-corrected chi connectivity index (χ4v) is 2.76. The number of aromatic nitrogens is 2. The van der Waals surface area contributed by atoms with Gasteiger partial charge in [0.1, 0.15) is 18.5 Å². The highest BCUT2D eigenvalue weighted by Crippen LogP contribution is 2.38. The average molecular weight is 414 g/mol. The lowest BCUT2D eigenvalue weighted by atomic mass is 10.00. The van der Waals surface area contributed by atoms with Gasteiger partial charge in [0.05, 0.1) is 12.0 Å². The summed E-state index contributed by atoms with van der Waals surface area (Å²) in [7, 11) is 1.54. The van der Waals surface area contributed by atoms with Crippen LogP contribution < -0.4 is 11.4 Å². The molecule has 1 aromatic heterocycles. The van der Waals surface area contributed by atoms with Crippen LogP contribution in [0.5, 0.6) is 0 Å². The number of rotatable bonds is 7. The number of esters is 1. The highest BCUT2D eigenvalue weighted by Gasteiger charge is 2.47. The fraction of sp³-hybridized carbons (Fsp3) is 0.750. The summed E-state index contributed by atoms with van der Waals surface area (Å²) in [5, 5.41) is 0. The van der Waals surface area contributed by atoms with Crippen LogP contribution in [0.3, 0.4) is 0 Å². The lowest BCUT2D eigenvalue weighted by Crippen LogP contribution is -2.41. The average Bonchev–Trinajstić information content (AvgIpc) is 2.96. The number of carbonyl (C=O) groups excluding carboxylic acids is 1. The number of carbonyl (C=O) groups is 1. The van der Waals surface area contributed by atoms with Crippen LogP contribution in [0.1, 0.15) is 54.7 Å². The number of nitrogens with zero attached hydrogens (tertiary/aromatic N) is 2. The van der Waals surface area contributed by atoms with Gasteiger partial charge in [-0.15, -0.1) is 0 Å². The van der Waals surface area contributed by atoms with Gasteiger partial charge in [-0.2, -0.15) is 4.98 Å². The second kappa shape index (κ2) is 10.7. The molecule has 1 aliphatic heterocycles. The molecule has 2 N–H and O–H groups in total. The molecule has 9 nitrogen and oxygen atoms in total. The zero-order valence-corrected chi connectivity index (χ0v) is 18.7. The van der Waals surface area contributed by atoms with Gasteiger partial charge in [0.25, 0.3) is 0 Å². The Morgan fingerprint density at radius 2 is 2.00 bits per heavy atom. The minimum absolute atomic E-state index is 0.0686. The van der Waals surface area contributed by atoms with E-state index in [1.165, 1.54) is 23.9 Å². The zero-order chi connectivity index (χ0) is 22.4. The van der Waals surface area contributed by atoms with E-state index in [2.05, 4.69) is 4.98 Å². The summed E-state index contributed by atoms with van der Waals surface area (Å²) in [6.45, 7) is 13.0. The van der Waals surface area contributed by atoms with Crippen molar-refractivity contribution < 1.29 is 23.7 Å². The standard InChI is InChI=1S/C18H29N3O6.C2H6/c1-10(2)16(22)25-9-12-11(3)14(27-18(4,5)24-6)15(26-12)21-8-7-13(19)20-17(21)23;1-2/h7-8,10-12,14-15H,9H2,1-6H3,(H2,19,20,23);1-2H3/t11-,12?,14-,15?;/m1./s1. The summed E-state index contributed by atoms with van der Waals surface area (Å²) >= 11 is 0. The maximum atomic E-state index is 12.3. The van der Waals surface area contributed by atoms with Gasteiger partial charge in [-0.3, -0.25) is 9.36 Å². The molecule has 0 aromatic carbocycles. The van der Waals surface area contributed by atoms with Gasteiger partial charge >= 0.3 is 11.7 Å². The highest BCUT2D eigenvalue weighted by atomic mass is 16.7. The smallest absolute Gasteiger partial charge is 0.351 e.